The van der Waals surface area contributed by atoms with Crippen molar-refractivity contribution in [3.63, 3.8) is 0 Å². The van der Waals surface area contributed by atoms with Gasteiger partial charge in [-0.05, 0) is 37.9 Å². The second-order valence-corrected chi connectivity index (χ2v) is 6.07. The molecule has 1 fully saturated rings. The van der Waals surface area contributed by atoms with Crippen molar-refractivity contribution in [1.82, 2.24) is 15.5 Å². The standard InChI is InChI=1S/C18H29FN4O/c1-3-10-23-11-7-16(8-12-23)22-18(20-2)21-9-13-24-17-6-4-5-15(19)14-17/h4-6,14,16H,3,7-13H2,1-2H3,(H2,20,21,22). The fourth-order valence-corrected chi connectivity index (χ4v) is 2.90. The molecule has 1 aliphatic heterocycles. The number of likely N-dealkylation sites (tertiary alicyclic amines) is 1. The zero-order valence-electron chi connectivity index (χ0n) is 14.7. The molecule has 0 spiro atoms. The summed E-state index contributed by atoms with van der Waals surface area (Å²) >= 11 is 0. The Labute approximate surface area is 144 Å². The lowest BCUT2D eigenvalue weighted by atomic mass is 10.1. The van der Waals surface area contributed by atoms with E-state index in [0.717, 1.165) is 31.9 Å². The lowest BCUT2D eigenvalue weighted by Gasteiger charge is -2.32. The molecule has 0 bridgehead atoms. The molecule has 1 aromatic carbocycles. The van der Waals surface area contributed by atoms with Crippen molar-refractivity contribution in [2.45, 2.75) is 32.2 Å². The van der Waals surface area contributed by atoms with Gasteiger partial charge in [-0.3, -0.25) is 4.99 Å². The Balaban J connectivity index is 1.64. The Morgan fingerprint density at radius 1 is 1.38 bits per heavy atom. The number of halogens is 1. The molecule has 1 saturated heterocycles. The summed E-state index contributed by atoms with van der Waals surface area (Å²) in [6.07, 6.45) is 3.49. The average molecular weight is 336 g/mol. The van der Waals surface area contributed by atoms with Gasteiger partial charge in [-0.15, -0.1) is 0 Å². The molecule has 0 unspecified atom stereocenters. The van der Waals surface area contributed by atoms with Crippen LogP contribution in [0.3, 0.4) is 0 Å². The second kappa shape index (κ2) is 10.1. The van der Waals surface area contributed by atoms with Crippen molar-refractivity contribution in [3.8, 4) is 5.75 Å². The molecule has 2 N–H and O–H groups in total. The number of guanidine groups is 1. The molecular weight excluding hydrogens is 307 g/mol. The largest absolute Gasteiger partial charge is 0.492 e. The highest BCUT2D eigenvalue weighted by Crippen LogP contribution is 2.12. The highest BCUT2D eigenvalue weighted by Gasteiger charge is 2.19. The number of benzene rings is 1. The van der Waals surface area contributed by atoms with Gasteiger partial charge in [0.1, 0.15) is 18.2 Å². The summed E-state index contributed by atoms with van der Waals surface area (Å²) in [6.45, 7) is 6.78. The first kappa shape index (κ1) is 18.5. The molecule has 0 atom stereocenters. The number of piperidine rings is 1. The van der Waals surface area contributed by atoms with Crippen molar-refractivity contribution >= 4 is 5.96 Å². The molecule has 2 rings (SSSR count). The van der Waals surface area contributed by atoms with E-state index in [1.165, 1.54) is 25.1 Å². The van der Waals surface area contributed by atoms with Crippen molar-refractivity contribution in [2.75, 3.05) is 39.8 Å². The zero-order valence-corrected chi connectivity index (χ0v) is 14.7. The quantitative estimate of drug-likeness (QED) is 0.455. The molecule has 0 saturated carbocycles. The summed E-state index contributed by atoms with van der Waals surface area (Å²) in [5, 5.41) is 6.72. The lowest BCUT2D eigenvalue weighted by Crippen LogP contribution is -2.49. The molecule has 0 amide bonds. The van der Waals surface area contributed by atoms with Crippen LogP contribution >= 0.6 is 0 Å². The number of ether oxygens (including phenoxy) is 1. The van der Waals surface area contributed by atoms with Crippen LogP contribution in [0.4, 0.5) is 4.39 Å². The van der Waals surface area contributed by atoms with Gasteiger partial charge in [0.25, 0.3) is 0 Å². The van der Waals surface area contributed by atoms with E-state index in [0.29, 0.717) is 24.9 Å². The maximum Gasteiger partial charge on any atom is 0.191 e. The summed E-state index contributed by atoms with van der Waals surface area (Å²) in [5.41, 5.74) is 0. The van der Waals surface area contributed by atoms with E-state index in [4.69, 9.17) is 4.74 Å². The summed E-state index contributed by atoms with van der Waals surface area (Å²) in [7, 11) is 1.77. The highest BCUT2D eigenvalue weighted by atomic mass is 19.1. The fraction of sp³-hybridized carbons (Fsp3) is 0.611. The first-order valence-corrected chi connectivity index (χ1v) is 8.79. The molecule has 0 radical (unpaired) electrons. The number of hydrogen-bond donors (Lipinski definition) is 2. The van der Waals surface area contributed by atoms with Crippen LogP contribution < -0.4 is 15.4 Å². The van der Waals surface area contributed by atoms with E-state index < -0.39 is 0 Å². The Hall–Kier alpha value is -1.82. The first-order valence-electron chi connectivity index (χ1n) is 8.79. The molecule has 24 heavy (non-hydrogen) atoms. The maximum atomic E-state index is 13.1. The molecule has 0 aromatic heterocycles. The molecule has 5 nitrogen and oxygen atoms in total. The minimum Gasteiger partial charge on any atom is -0.492 e. The number of nitrogens with one attached hydrogen (secondary N) is 2. The summed E-state index contributed by atoms with van der Waals surface area (Å²) in [4.78, 5) is 6.78. The summed E-state index contributed by atoms with van der Waals surface area (Å²) < 4.78 is 18.6. The summed E-state index contributed by atoms with van der Waals surface area (Å²) in [6, 6.07) is 6.65. The lowest BCUT2D eigenvalue weighted by molar-refractivity contribution is 0.206. The number of aliphatic imine (C=N–C) groups is 1. The average Bonchev–Trinajstić information content (AvgIpc) is 2.59. The molecule has 1 aromatic rings. The molecular formula is C18H29FN4O. The van der Waals surface area contributed by atoms with Crippen LogP contribution in [0.15, 0.2) is 29.3 Å². The van der Waals surface area contributed by atoms with E-state index in [1.54, 1.807) is 19.2 Å². The van der Waals surface area contributed by atoms with Crippen LogP contribution in [-0.4, -0.2) is 56.7 Å². The predicted octanol–water partition coefficient (Wildman–Crippen LogP) is 2.24. The smallest absolute Gasteiger partial charge is 0.191 e. The maximum absolute atomic E-state index is 13.1. The number of rotatable bonds is 7. The van der Waals surface area contributed by atoms with Gasteiger partial charge in [0, 0.05) is 32.2 Å². The Morgan fingerprint density at radius 2 is 2.17 bits per heavy atom. The van der Waals surface area contributed by atoms with Gasteiger partial charge >= 0.3 is 0 Å². The summed E-state index contributed by atoms with van der Waals surface area (Å²) in [5.74, 6) is 1.06. The third-order valence-corrected chi connectivity index (χ3v) is 4.15. The fourth-order valence-electron chi connectivity index (χ4n) is 2.90. The van der Waals surface area contributed by atoms with Crippen LogP contribution in [0.5, 0.6) is 5.75 Å². The van der Waals surface area contributed by atoms with Gasteiger partial charge in [0.05, 0.1) is 6.54 Å². The van der Waals surface area contributed by atoms with Gasteiger partial charge in [-0.1, -0.05) is 13.0 Å². The van der Waals surface area contributed by atoms with Gasteiger partial charge in [0.15, 0.2) is 5.96 Å². The molecule has 0 aliphatic carbocycles. The molecule has 1 aliphatic rings. The monoisotopic (exact) mass is 336 g/mol. The first-order chi connectivity index (χ1) is 11.7. The van der Waals surface area contributed by atoms with Gasteiger partial charge < -0.3 is 20.3 Å². The van der Waals surface area contributed by atoms with Crippen molar-refractivity contribution in [1.29, 1.82) is 0 Å². The van der Waals surface area contributed by atoms with Gasteiger partial charge in [0.2, 0.25) is 0 Å². The van der Waals surface area contributed by atoms with Crippen LogP contribution in [0.2, 0.25) is 0 Å². The van der Waals surface area contributed by atoms with Crippen LogP contribution in [0.25, 0.3) is 0 Å². The molecule has 134 valence electrons. The van der Waals surface area contributed by atoms with Crippen molar-refractivity contribution in [2.24, 2.45) is 4.99 Å². The third kappa shape index (κ3) is 6.35. The van der Waals surface area contributed by atoms with E-state index in [2.05, 4.69) is 27.4 Å². The van der Waals surface area contributed by atoms with E-state index in [-0.39, 0.29) is 5.82 Å². The highest BCUT2D eigenvalue weighted by molar-refractivity contribution is 5.79. The SMILES string of the molecule is CCCN1CCC(NC(=NC)NCCOc2cccc(F)c2)CC1. The minimum absolute atomic E-state index is 0.285. The number of nitrogens with zero attached hydrogens (tertiary/aromatic N) is 2. The van der Waals surface area contributed by atoms with Crippen LogP contribution in [0.1, 0.15) is 26.2 Å². The van der Waals surface area contributed by atoms with Crippen LogP contribution in [-0.2, 0) is 0 Å². The van der Waals surface area contributed by atoms with Crippen molar-refractivity contribution < 1.29 is 9.13 Å². The minimum atomic E-state index is -0.285. The molecule has 6 heteroatoms. The van der Waals surface area contributed by atoms with Gasteiger partial charge in [-0.25, -0.2) is 4.39 Å². The van der Waals surface area contributed by atoms with Crippen LogP contribution in [0, 0.1) is 5.82 Å². The molecule has 1 heterocycles. The van der Waals surface area contributed by atoms with Gasteiger partial charge in [-0.2, -0.15) is 0 Å². The normalized spacial score (nSPS) is 16.9. The Bertz CT molecular complexity index is 515. The Morgan fingerprint density at radius 3 is 2.83 bits per heavy atom. The predicted molar refractivity (Wildman–Crippen MR) is 96.1 cm³/mol. The zero-order chi connectivity index (χ0) is 17.2. The third-order valence-electron chi connectivity index (χ3n) is 4.15. The van der Waals surface area contributed by atoms with E-state index in [9.17, 15) is 4.39 Å². The van der Waals surface area contributed by atoms with Crippen molar-refractivity contribution in [3.05, 3.63) is 30.1 Å². The number of hydrogen-bond acceptors (Lipinski definition) is 3. The van der Waals surface area contributed by atoms with E-state index in [1.807, 2.05) is 0 Å². The Kier molecular flexibility index (Phi) is 7.82. The topological polar surface area (TPSA) is 48.9 Å². The second-order valence-electron chi connectivity index (χ2n) is 6.07. The van der Waals surface area contributed by atoms with E-state index >= 15 is 0 Å².